The molecule has 1 spiro atoms. The molecule has 5 heteroatoms. The minimum Gasteiger partial charge on any atom is -0.457 e. The molecule has 0 unspecified atom stereocenters. The molecule has 0 aliphatic carbocycles. The van der Waals surface area contributed by atoms with E-state index in [9.17, 15) is 0 Å². The van der Waals surface area contributed by atoms with Crippen LogP contribution < -0.4 is 14.5 Å². The first-order chi connectivity index (χ1) is 25.6. The molecule has 4 heterocycles. The molecule has 0 saturated heterocycles. The summed E-state index contributed by atoms with van der Waals surface area (Å²) < 4.78 is 9.00. The number of ether oxygens (including phenoxy) is 1. The fourth-order valence-electron chi connectivity index (χ4n) is 9.23. The molecule has 3 aliphatic rings. The SMILES string of the molecule is CC1(C)c2ccc(N3c4ccccc4C4(c5ccccc5Oc5ccccc54)c4ccccc43)cc2N(c2ccccc2)c2nc3ccccc3n21. The third kappa shape index (κ3) is 3.69. The van der Waals surface area contributed by atoms with Gasteiger partial charge in [-0.1, -0.05) is 109 Å². The molecule has 248 valence electrons. The average Bonchev–Trinajstić information content (AvgIpc) is 3.59. The number of hydrogen-bond donors (Lipinski definition) is 0. The molecule has 7 aromatic carbocycles. The number of fused-ring (bicyclic) bond motifs is 12. The zero-order chi connectivity index (χ0) is 34.6. The van der Waals surface area contributed by atoms with Crippen LogP contribution in [-0.2, 0) is 11.0 Å². The van der Waals surface area contributed by atoms with Gasteiger partial charge in [0.2, 0.25) is 5.95 Å². The maximum atomic E-state index is 6.61. The van der Waals surface area contributed by atoms with Crippen molar-refractivity contribution < 1.29 is 4.74 Å². The highest BCUT2D eigenvalue weighted by Crippen LogP contribution is 2.63. The van der Waals surface area contributed by atoms with Crippen molar-refractivity contribution in [2.45, 2.75) is 24.8 Å². The highest BCUT2D eigenvalue weighted by molar-refractivity contribution is 5.94. The monoisotopic (exact) mass is 670 g/mol. The van der Waals surface area contributed by atoms with E-state index in [0.29, 0.717) is 0 Å². The Balaban J connectivity index is 1.19. The summed E-state index contributed by atoms with van der Waals surface area (Å²) in [6, 6.07) is 60.9. The second kappa shape index (κ2) is 10.5. The standard InChI is InChI=1S/C47H34N4O/c1-46(2)33-29-28-32(30-42(33)50(31-16-4-3-5-17-31)45-48-38-22-10-13-25-41(38)51(45)46)49-39-23-11-6-18-34(39)47(35-19-7-12-24-40(35)49)36-20-8-14-26-43(36)52-44-27-15-9-21-37(44)47/h3-30H,1-2H3. The maximum absolute atomic E-state index is 6.61. The van der Waals surface area contributed by atoms with E-state index in [0.717, 1.165) is 68.0 Å². The van der Waals surface area contributed by atoms with Gasteiger partial charge in [0, 0.05) is 28.1 Å². The normalized spacial score (nSPS) is 15.5. The molecule has 0 fully saturated rings. The van der Waals surface area contributed by atoms with Gasteiger partial charge in [0.05, 0.1) is 39.0 Å². The number of aromatic nitrogens is 2. The van der Waals surface area contributed by atoms with Crippen LogP contribution >= 0.6 is 0 Å². The van der Waals surface area contributed by atoms with Crippen molar-refractivity contribution in [2.24, 2.45) is 0 Å². The van der Waals surface area contributed by atoms with Crippen molar-refractivity contribution in [3.8, 4) is 11.5 Å². The Morgan fingerprint density at radius 3 is 1.69 bits per heavy atom. The Morgan fingerprint density at radius 2 is 1.02 bits per heavy atom. The molecule has 0 amide bonds. The van der Waals surface area contributed by atoms with Gasteiger partial charge in [-0.15, -0.1) is 0 Å². The van der Waals surface area contributed by atoms with Gasteiger partial charge in [-0.25, -0.2) is 4.98 Å². The summed E-state index contributed by atoms with van der Waals surface area (Å²) in [5.74, 6) is 2.68. The summed E-state index contributed by atoms with van der Waals surface area (Å²) in [6.07, 6.45) is 0. The number of benzene rings is 7. The van der Waals surface area contributed by atoms with E-state index in [-0.39, 0.29) is 5.54 Å². The van der Waals surface area contributed by atoms with E-state index in [2.05, 4.69) is 198 Å². The van der Waals surface area contributed by atoms with Crippen molar-refractivity contribution in [1.29, 1.82) is 0 Å². The van der Waals surface area contributed by atoms with Gasteiger partial charge in [-0.2, -0.15) is 0 Å². The lowest BCUT2D eigenvalue weighted by molar-refractivity contribution is 0.434. The lowest BCUT2D eigenvalue weighted by Crippen LogP contribution is -2.40. The predicted octanol–water partition coefficient (Wildman–Crippen LogP) is 11.9. The zero-order valence-electron chi connectivity index (χ0n) is 28.9. The topological polar surface area (TPSA) is 33.5 Å². The summed E-state index contributed by atoms with van der Waals surface area (Å²) in [4.78, 5) is 10.1. The molecule has 1 aromatic heterocycles. The smallest absolute Gasteiger partial charge is 0.216 e. The van der Waals surface area contributed by atoms with Gasteiger partial charge in [0.1, 0.15) is 11.5 Å². The molecule has 8 aromatic rings. The molecule has 52 heavy (non-hydrogen) atoms. The predicted molar refractivity (Wildman–Crippen MR) is 209 cm³/mol. The van der Waals surface area contributed by atoms with Crippen molar-refractivity contribution >= 4 is 45.4 Å². The van der Waals surface area contributed by atoms with Crippen LogP contribution in [0.25, 0.3) is 11.0 Å². The lowest BCUT2D eigenvalue weighted by atomic mass is 9.61. The number of imidazole rings is 1. The Bertz CT molecular complexity index is 2630. The van der Waals surface area contributed by atoms with Crippen LogP contribution in [-0.4, -0.2) is 9.55 Å². The third-order valence-corrected chi connectivity index (χ3v) is 11.4. The van der Waals surface area contributed by atoms with Crippen molar-refractivity contribution in [3.63, 3.8) is 0 Å². The molecule has 11 rings (SSSR count). The van der Waals surface area contributed by atoms with Gasteiger partial charge < -0.3 is 9.64 Å². The molecule has 0 radical (unpaired) electrons. The van der Waals surface area contributed by atoms with E-state index in [1.54, 1.807) is 0 Å². The van der Waals surface area contributed by atoms with Crippen molar-refractivity contribution in [2.75, 3.05) is 9.80 Å². The van der Waals surface area contributed by atoms with E-state index in [1.165, 1.54) is 16.7 Å². The summed E-state index contributed by atoms with van der Waals surface area (Å²) in [6.45, 7) is 4.61. The minimum atomic E-state index is -0.577. The molecule has 0 atom stereocenters. The van der Waals surface area contributed by atoms with Gasteiger partial charge >= 0.3 is 0 Å². The second-order valence-electron chi connectivity index (χ2n) is 14.4. The van der Waals surface area contributed by atoms with Crippen LogP contribution in [0, 0.1) is 0 Å². The first kappa shape index (κ1) is 29.2. The number of hydrogen-bond acceptors (Lipinski definition) is 4. The van der Waals surface area contributed by atoms with Crippen molar-refractivity contribution in [1.82, 2.24) is 9.55 Å². The molecular weight excluding hydrogens is 637 g/mol. The third-order valence-electron chi connectivity index (χ3n) is 11.4. The van der Waals surface area contributed by atoms with Gasteiger partial charge in [-0.3, -0.25) is 9.47 Å². The molecular formula is C47H34N4O. The zero-order valence-corrected chi connectivity index (χ0v) is 28.9. The lowest BCUT2D eigenvalue weighted by Gasteiger charge is -2.49. The quantitative estimate of drug-likeness (QED) is 0.183. The van der Waals surface area contributed by atoms with Gasteiger partial charge in [-0.05, 0) is 85.6 Å². The summed E-state index contributed by atoms with van der Waals surface area (Å²) in [5.41, 5.74) is 12.7. The first-order valence-electron chi connectivity index (χ1n) is 17.9. The van der Waals surface area contributed by atoms with Crippen LogP contribution in [0.3, 0.4) is 0 Å². The molecule has 0 bridgehead atoms. The average molecular weight is 671 g/mol. The molecule has 0 N–H and O–H groups in total. The fraction of sp³-hybridized carbons (Fsp3) is 0.0851. The number of anilines is 6. The van der Waals surface area contributed by atoms with Gasteiger partial charge in [0.15, 0.2) is 0 Å². The maximum Gasteiger partial charge on any atom is 0.216 e. The first-order valence-corrected chi connectivity index (χ1v) is 17.9. The summed E-state index contributed by atoms with van der Waals surface area (Å²) in [5, 5.41) is 0. The number of para-hydroxylation sites is 7. The van der Waals surface area contributed by atoms with E-state index in [4.69, 9.17) is 9.72 Å². The number of nitrogens with zero attached hydrogens (tertiary/aromatic N) is 4. The van der Waals surface area contributed by atoms with Crippen LogP contribution in [0.15, 0.2) is 170 Å². The molecule has 3 aliphatic heterocycles. The van der Waals surface area contributed by atoms with Crippen molar-refractivity contribution in [3.05, 3.63) is 198 Å². The highest BCUT2D eigenvalue weighted by atomic mass is 16.5. The Morgan fingerprint density at radius 1 is 0.462 bits per heavy atom. The Hall–Kier alpha value is -6.59. The summed E-state index contributed by atoms with van der Waals surface area (Å²) in [7, 11) is 0. The van der Waals surface area contributed by atoms with E-state index < -0.39 is 5.41 Å². The van der Waals surface area contributed by atoms with Crippen LogP contribution in [0.4, 0.5) is 34.4 Å². The second-order valence-corrected chi connectivity index (χ2v) is 14.4. The van der Waals surface area contributed by atoms with Crippen LogP contribution in [0.1, 0.15) is 41.7 Å². The Labute approximate surface area is 302 Å². The van der Waals surface area contributed by atoms with Gasteiger partial charge in [0.25, 0.3) is 0 Å². The van der Waals surface area contributed by atoms with E-state index >= 15 is 0 Å². The minimum absolute atomic E-state index is 0.359. The highest BCUT2D eigenvalue weighted by Gasteiger charge is 2.51. The Kier molecular flexibility index (Phi) is 5.87. The fourth-order valence-corrected chi connectivity index (χ4v) is 9.23. The number of rotatable bonds is 2. The molecule has 5 nitrogen and oxygen atoms in total. The largest absolute Gasteiger partial charge is 0.457 e. The van der Waals surface area contributed by atoms with E-state index in [1.807, 2.05) is 0 Å². The molecule has 0 saturated carbocycles. The van der Waals surface area contributed by atoms with Crippen LogP contribution in [0.5, 0.6) is 11.5 Å². The van der Waals surface area contributed by atoms with Crippen LogP contribution in [0.2, 0.25) is 0 Å². The summed E-state index contributed by atoms with van der Waals surface area (Å²) >= 11 is 0.